The standard InChI is InChI=1S/C16H18N2O4S/c1-22-13-4-2-3-11(7-13)8-14(19)17-6-5-12(9-17)18-15(20)10-23-16(18)21/h2-4,7,12H,5-6,8-10H2,1H3. The number of thioether (sulfide) groups is 1. The fraction of sp³-hybridized carbons (Fsp3) is 0.438. The van der Waals surface area contributed by atoms with E-state index in [1.807, 2.05) is 24.3 Å². The average Bonchev–Trinajstić information content (AvgIpc) is 3.14. The summed E-state index contributed by atoms with van der Waals surface area (Å²) in [5, 5.41) is -0.193. The molecule has 0 aliphatic carbocycles. The maximum absolute atomic E-state index is 12.4. The van der Waals surface area contributed by atoms with E-state index in [9.17, 15) is 14.4 Å². The molecule has 122 valence electrons. The molecule has 0 saturated carbocycles. The predicted molar refractivity (Wildman–Crippen MR) is 86.4 cm³/mol. The van der Waals surface area contributed by atoms with Crippen molar-refractivity contribution in [1.29, 1.82) is 0 Å². The van der Waals surface area contributed by atoms with Gasteiger partial charge in [-0.15, -0.1) is 0 Å². The van der Waals surface area contributed by atoms with Crippen LogP contribution in [-0.4, -0.2) is 58.8 Å². The van der Waals surface area contributed by atoms with Gasteiger partial charge in [-0.2, -0.15) is 0 Å². The minimum atomic E-state index is -0.193. The normalized spacial score (nSPS) is 21.2. The Labute approximate surface area is 138 Å². The van der Waals surface area contributed by atoms with Gasteiger partial charge in [-0.1, -0.05) is 23.9 Å². The quantitative estimate of drug-likeness (QED) is 0.835. The number of hydrogen-bond acceptors (Lipinski definition) is 5. The van der Waals surface area contributed by atoms with Crippen LogP contribution in [0.3, 0.4) is 0 Å². The summed E-state index contributed by atoms with van der Waals surface area (Å²) in [7, 11) is 1.59. The summed E-state index contributed by atoms with van der Waals surface area (Å²) in [6.45, 7) is 1.01. The molecule has 1 atom stereocenters. The molecule has 2 fully saturated rings. The van der Waals surface area contributed by atoms with Gasteiger partial charge >= 0.3 is 0 Å². The molecule has 2 saturated heterocycles. The van der Waals surface area contributed by atoms with Crippen LogP contribution in [0.15, 0.2) is 24.3 Å². The van der Waals surface area contributed by atoms with Crippen molar-refractivity contribution in [3.63, 3.8) is 0 Å². The smallest absolute Gasteiger partial charge is 0.289 e. The van der Waals surface area contributed by atoms with Crippen molar-refractivity contribution >= 4 is 28.8 Å². The summed E-state index contributed by atoms with van der Waals surface area (Å²) in [5.74, 6) is 0.798. The maximum Gasteiger partial charge on any atom is 0.289 e. The summed E-state index contributed by atoms with van der Waals surface area (Å²) in [5.41, 5.74) is 0.890. The Kier molecular flexibility index (Phi) is 4.56. The molecule has 2 aliphatic heterocycles. The Bertz CT molecular complexity index is 633. The van der Waals surface area contributed by atoms with Gasteiger partial charge in [0.25, 0.3) is 5.24 Å². The highest BCUT2D eigenvalue weighted by molar-refractivity contribution is 8.14. The molecule has 0 spiro atoms. The lowest BCUT2D eigenvalue weighted by atomic mass is 10.1. The van der Waals surface area contributed by atoms with E-state index >= 15 is 0 Å². The monoisotopic (exact) mass is 334 g/mol. The van der Waals surface area contributed by atoms with Gasteiger partial charge in [0, 0.05) is 13.1 Å². The van der Waals surface area contributed by atoms with Gasteiger partial charge in [-0.05, 0) is 24.1 Å². The summed E-state index contributed by atoms with van der Waals surface area (Å²) in [4.78, 5) is 39.0. The Morgan fingerprint density at radius 2 is 2.22 bits per heavy atom. The summed E-state index contributed by atoms with van der Waals surface area (Å²) >= 11 is 1.04. The van der Waals surface area contributed by atoms with Crippen molar-refractivity contribution in [1.82, 2.24) is 9.80 Å². The summed E-state index contributed by atoms with van der Waals surface area (Å²) in [6, 6.07) is 7.24. The number of hydrogen-bond donors (Lipinski definition) is 0. The van der Waals surface area contributed by atoms with E-state index in [0.29, 0.717) is 25.9 Å². The molecule has 2 heterocycles. The number of rotatable bonds is 4. The molecule has 0 radical (unpaired) electrons. The SMILES string of the molecule is COc1cccc(CC(=O)N2CCC(N3C(=O)CSC3=O)C2)c1. The third kappa shape index (κ3) is 3.34. The molecule has 6 nitrogen and oxygen atoms in total. The van der Waals surface area contributed by atoms with Gasteiger partial charge in [-0.3, -0.25) is 19.3 Å². The third-order valence-electron chi connectivity index (χ3n) is 4.16. The minimum Gasteiger partial charge on any atom is -0.497 e. The van der Waals surface area contributed by atoms with Crippen molar-refractivity contribution in [2.45, 2.75) is 18.9 Å². The molecular weight excluding hydrogens is 316 g/mol. The lowest BCUT2D eigenvalue weighted by molar-refractivity contribution is -0.131. The fourth-order valence-corrected chi connectivity index (χ4v) is 3.74. The molecule has 7 heteroatoms. The predicted octanol–water partition coefficient (Wildman–Crippen LogP) is 1.53. The molecule has 2 aliphatic rings. The first-order chi connectivity index (χ1) is 11.1. The number of benzene rings is 1. The third-order valence-corrected chi connectivity index (χ3v) is 4.99. The number of carbonyl (C=O) groups is 3. The Balaban J connectivity index is 1.61. The first-order valence-electron chi connectivity index (χ1n) is 7.48. The van der Waals surface area contributed by atoms with Crippen LogP contribution in [-0.2, 0) is 16.0 Å². The van der Waals surface area contributed by atoms with E-state index in [4.69, 9.17) is 4.74 Å². The largest absolute Gasteiger partial charge is 0.497 e. The molecule has 3 rings (SSSR count). The number of likely N-dealkylation sites (tertiary alicyclic amines) is 1. The summed E-state index contributed by atoms with van der Waals surface area (Å²) < 4.78 is 5.16. The zero-order valence-electron chi connectivity index (χ0n) is 12.9. The van der Waals surface area contributed by atoms with Gasteiger partial charge in [0.1, 0.15) is 5.75 Å². The molecule has 1 aromatic rings. The van der Waals surface area contributed by atoms with E-state index in [1.165, 1.54) is 4.90 Å². The second kappa shape index (κ2) is 6.62. The number of carbonyl (C=O) groups excluding carboxylic acids is 3. The number of methoxy groups -OCH3 is 1. The molecule has 0 aromatic heterocycles. The second-order valence-electron chi connectivity index (χ2n) is 5.63. The highest BCUT2D eigenvalue weighted by atomic mass is 32.2. The van der Waals surface area contributed by atoms with Gasteiger partial charge in [0.05, 0.1) is 25.3 Å². The van der Waals surface area contributed by atoms with Crippen LogP contribution in [0.5, 0.6) is 5.75 Å². The van der Waals surface area contributed by atoms with Crippen LogP contribution >= 0.6 is 11.8 Å². The first kappa shape index (κ1) is 15.9. The van der Waals surface area contributed by atoms with Gasteiger partial charge < -0.3 is 9.64 Å². The van der Waals surface area contributed by atoms with Crippen molar-refractivity contribution in [2.75, 3.05) is 26.0 Å². The van der Waals surface area contributed by atoms with E-state index < -0.39 is 0 Å². The first-order valence-corrected chi connectivity index (χ1v) is 8.46. The van der Waals surface area contributed by atoms with Crippen LogP contribution in [0.1, 0.15) is 12.0 Å². The van der Waals surface area contributed by atoms with Crippen molar-refractivity contribution in [3.05, 3.63) is 29.8 Å². The number of ether oxygens (including phenoxy) is 1. The fourth-order valence-electron chi connectivity index (χ4n) is 2.97. The molecule has 0 bridgehead atoms. The minimum absolute atomic E-state index is 0.00695. The van der Waals surface area contributed by atoms with E-state index in [-0.39, 0.29) is 28.8 Å². The average molecular weight is 334 g/mol. The van der Waals surface area contributed by atoms with Gasteiger partial charge in [0.2, 0.25) is 11.8 Å². The Hall–Kier alpha value is -2.02. The highest BCUT2D eigenvalue weighted by Crippen LogP contribution is 2.26. The van der Waals surface area contributed by atoms with Crippen molar-refractivity contribution in [2.24, 2.45) is 0 Å². The molecule has 0 N–H and O–H groups in total. The molecule has 23 heavy (non-hydrogen) atoms. The van der Waals surface area contributed by atoms with Crippen LogP contribution in [0.25, 0.3) is 0 Å². The molecule has 1 aromatic carbocycles. The zero-order valence-corrected chi connectivity index (χ0v) is 13.7. The van der Waals surface area contributed by atoms with E-state index in [0.717, 1.165) is 23.1 Å². The Morgan fingerprint density at radius 3 is 2.91 bits per heavy atom. The molecule has 3 amide bonds. The molecular formula is C16H18N2O4S. The highest BCUT2D eigenvalue weighted by Gasteiger charge is 2.40. The summed E-state index contributed by atoms with van der Waals surface area (Å²) in [6.07, 6.45) is 0.947. The Morgan fingerprint density at radius 1 is 1.39 bits per heavy atom. The van der Waals surface area contributed by atoms with Crippen LogP contribution in [0.2, 0.25) is 0 Å². The second-order valence-corrected chi connectivity index (χ2v) is 6.56. The lowest BCUT2D eigenvalue weighted by Gasteiger charge is -2.22. The number of amides is 3. The molecule has 1 unspecified atom stereocenters. The maximum atomic E-state index is 12.4. The van der Waals surface area contributed by atoms with Gasteiger partial charge in [-0.25, -0.2) is 0 Å². The van der Waals surface area contributed by atoms with Crippen LogP contribution in [0.4, 0.5) is 4.79 Å². The van der Waals surface area contributed by atoms with Crippen LogP contribution in [0, 0.1) is 0 Å². The van der Waals surface area contributed by atoms with E-state index in [1.54, 1.807) is 12.0 Å². The lowest BCUT2D eigenvalue weighted by Crippen LogP contribution is -2.41. The van der Waals surface area contributed by atoms with Gasteiger partial charge in [0.15, 0.2) is 0 Å². The zero-order chi connectivity index (χ0) is 16.4. The van der Waals surface area contributed by atoms with Crippen molar-refractivity contribution in [3.8, 4) is 5.75 Å². The number of nitrogens with zero attached hydrogens (tertiary/aromatic N) is 2. The topological polar surface area (TPSA) is 66.9 Å². The van der Waals surface area contributed by atoms with E-state index in [2.05, 4.69) is 0 Å². The number of imide groups is 1. The van der Waals surface area contributed by atoms with Crippen molar-refractivity contribution < 1.29 is 19.1 Å². The van der Waals surface area contributed by atoms with Crippen LogP contribution < -0.4 is 4.74 Å².